The van der Waals surface area contributed by atoms with Crippen LogP contribution in [-0.4, -0.2) is 22.4 Å². The van der Waals surface area contributed by atoms with Gasteiger partial charge in [0.25, 0.3) is 5.91 Å². The van der Waals surface area contributed by atoms with Gasteiger partial charge in [0.1, 0.15) is 5.82 Å². The van der Waals surface area contributed by atoms with Gasteiger partial charge in [-0.15, -0.1) is 11.3 Å². The van der Waals surface area contributed by atoms with Crippen LogP contribution in [0, 0.1) is 6.92 Å². The van der Waals surface area contributed by atoms with Gasteiger partial charge in [-0.25, -0.2) is 9.97 Å². The molecule has 0 bridgehead atoms. The molecule has 4 rings (SSSR count). The van der Waals surface area contributed by atoms with Crippen molar-refractivity contribution in [2.45, 2.75) is 26.4 Å². The second-order valence-electron chi connectivity index (χ2n) is 5.31. The molecular formula is C14H13ClN4OS. The number of carbonyl (C=O) groups excluding carboxylic acids is 1. The summed E-state index contributed by atoms with van der Waals surface area (Å²) in [6.07, 6.45) is 0.883. The third-order valence-electron chi connectivity index (χ3n) is 3.93. The number of pyridine rings is 1. The van der Waals surface area contributed by atoms with Crippen molar-refractivity contribution in [2.75, 3.05) is 11.4 Å². The summed E-state index contributed by atoms with van der Waals surface area (Å²) >= 11 is 7.53. The first-order valence-corrected chi connectivity index (χ1v) is 7.99. The van der Waals surface area contributed by atoms with Gasteiger partial charge in [0.2, 0.25) is 0 Å². The first-order chi connectivity index (χ1) is 10.1. The third-order valence-corrected chi connectivity index (χ3v) is 5.12. The van der Waals surface area contributed by atoms with E-state index in [0.717, 1.165) is 42.3 Å². The van der Waals surface area contributed by atoms with Gasteiger partial charge in [-0.2, -0.15) is 0 Å². The first kappa shape index (κ1) is 13.0. The van der Waals surface area contributed by atoms with Crippen LogP contribution < -0.4 is 10.2 Å². The fourth-order valence-electron chi connectivity index (χ4n) is 2.90. The highest BCUT2D eigenvalue weighted by Gasteiger charge is 2.26. The summed E-state index contributed by atoms with van der Waals surface area (Å²) in [4.78, 5) is 24.2. The lowest BCUT2D eigenvalue weighted by atomic mass is 10.1. The molecule has 108 valence electrons. The minimum atomic E-state index is -0.0256. The van der Waals surface area contributed by atoms with Crippen molar-refractivity contribution < 1.29 is 4.79 Å². The lowest BCUT2D eigenvalue weighted by Crippen LogP contribution is -2.31. The molecule has 1 amide bonds. The van der Waals surface area contributed by atoms with E-state index in [-0.39, 0.29) is 5.91 Å². The van der Waals surface area contributed by atoms with Gasteiger partial charge in [0, 0.05) is 17.8 Å². The summed E-state index contributed by atoms with van der Waals surface area (Å²) in [6.45, 7) is 4.19. The van der Waals surface area contributed by atoms with Crippen LogP contribution in [0.15, 0.2) is 6.07 Å². The molecule has 1 N–H and O–H groups in total. The predicted molar refractivity (Wildman–Crippen MR) is 82.0 cm³/mol. The molecule has 0 aromatic carbocycles. The molecule has 2 aromatic rings. The number of aromatic nitrogens is 2. The molecule has 0 saturated heterocycles. The Labute approximate surface area is 131 Å². The van der Waals surface area contributed by atoms with Crippen LogP contribution in [-0.2, 0) is 19.5 Å². The minimum Gasteiger partial charge on any atom is -0.351 e. The molecule has 0 aliphatic carbocycles. The van der Waals surface area contributed by atoms with Crippen molar-refractivity contribution in [1.29, 1.82) is 0 Å². The van der Waals surface area contributed by atoms with Crippen molar-refractivity contribution >= 4 is 34.7 Å². The largest absolute Gasteiger partial charge is 0.351 e. The van der Waals surface area contributed by atoms with Crippen LogP contribution in [0.25, 0.3) is 0 Å². The number of hydrogen-bond acceptors (Lipinski definition) is 5. The molecule has 0 saturated carbocycles. The van der Waals surface area contributed by atoms with Crippen molar-refractivity contribution in [3.05, 3.63) is 37.9 Å². The van der Waals surface area contributed by atoms with Gasteiger partial charge in [0.15, 0.2) is 4.47 Å². The van der Waals surface area contributed by atoms with Crippen LogP contribution in [0.1, 0.15) is 32.2 Å². The summed E-state index contributed by atoms with van der Waals surface area (Å²) < 4.78 is 0.607. The number of anilines is 1. The number of amides is 1. The molecule has 5 nitrogen and oxygen atoms in total. The topological polar surface area (TPSA) is 58.1 Å². The maximum atomic E-state index is 11.7. The fraction of sp³-hybridized carbons (Fsp3) is 0.357. The number of nitrogens with one attached hydrogen (secondary N) is 1. The van der Waals surface area contributed by atoms with Crippen molar-refractivity contribution in [3.63, 3.8) is 0 Å². The van der Waals surface area contributed by atoms with E-state index < -0.39 is 0 Å². The second kappa shape index (κ2) is 4.68. The molecule has 2 aliphatic heterocycles. The summed E-state index contributed by atoms with van der Waals surface area (Å²) in [6, 6.07) is 1.94. The monoisotopic (exact) mass is 320 g/mol. The van der Waals surface area contributed by atoms with Gasteiger partial charge in [-0.1, -0.05) is 11.6 Å². The fourth-order valence-corrected chi connectivity index (χ4v) is 4.12. The second-order valence-corrected chi connectivity index (χ2v) is 6.98. The maximum absolute atomic E-state index is 11.7. The van der Waals surface area contributed by atoms with Crippen LogP contribution in [0.3, 0.4) is 0 Å². The van der Waals surface area contributed by atoms with E-state index >= 15 is 0 Å². The van der Waals surface area contributed by atoms with E-state index in [4.69, 9.17) is 16.6 Å². The van der Waals surface area contributed by atoms with Gasteiger partial charge in [-0.05, 0) is 18.6 Å². The number of hydrogen-bond donors (Lipinski definition) is 1. The van der Waals surface area contributed by atoms with E-state index in [1.54, 1.807) is 0 Å². The van der Waals surface area contributed by atoms with Crippen molar-refractivity contribution in [1.82, 2.24) is 15.3 Å². The molecule has 0 radical (unpaired) electrons. The quantitative estimate of drug-likeness (QED) is 0.876. The molecule has 21 heavy (non-hydrogen) atoms. The summed E-state index contributed by atoms with van der Waals surface area (Å²) in [5.74, 6) is 0.933. The number of thiazole rings is 1. The van der Waals surface area contributed by atoms with E-state index in [1.807, 2.05) is 13.0 Å². The number of rotatable bonds is 1. The standard InChI is InChI=1S/C14H13ClN4OS/c1-7-4-8-10(5-16-13(8)20)17-12(7)19-3-2-9-11(6-19)21-14(15)18-9/h4H,2-3,5-6H2,1H3,(H,16,20). The number of halogens is 1. The zero-order valence-electron chi connectivity index (χ0n) is 11.4. The third kappa shape index (κ3) is 2.10. The highest BCUT2D eigenvalue weighted by molar-refractivity contribution is 7.15. The highest BCUT2D eigenvalue weighted by Crippen LogP contribution is 2.32. The van der Waals surface area contributed by atoms with E-state index in [0.29, 0.717) is 16.6 Å². The molecule has 7 heteroatoms. The SMILES string of the molecule is Cc1cc2c(nc1N1CCc3nc(Cl)sc3C1)CNC2=O. The number of carbonyl (C=O) groups is 1. The van der Waals surface area contributed by atoms with E-state index in [2.05, 4.69) is 15.2 Å². The van der Waals surface area contributed by atoms with Crippen LogP contribution in [0.2, 0.25) is 4.47 Å². The zero-order chi connectivity index (χ0) is 14.6. The lowest BCUT2D eigenvalue weighted by Gasteiger charge is -2.28. The Kier molecular flexibility index (Phi) is 2.90. The Balaban J connectivity index is 1.70. The molecule has 0 atom stereocenters. The molecule has 0 fully saturated rings. The van der Waals surface area contributed by atoms with Gasteiger partial charge in [-0.3, -0.25) is 4.79 Å². The normalized spacial score (nSPS) is 16.7. The Bertz CT molecular complexity index is 758. The van der Waals surface area contributed by atoms with Crippen LogP contribution in [0.4, 0.5) is 5.82 Å². The number of fused-ring (bicyclic) bond motifs is 2. The van der Waals surface area contributed by atoms with Gasteiger partial charge in [0.05, 0.1) is 30.0 Å². The van der Waals surface area contributed by atoms with Gasteiger partial charge < -0.3 is 10.2 Å². The molecule has 2 aromatic heterocycles. The predicted octanol–water partition coefficient (Wildman–Crippen LogP) is 2.31. The summed E-state index contributed by atoms with van der Waals surface area (Å²) in [5.41, 5.74) is 3.69. The van der Waals surface area contributed by atoms with Crippen molar-refractivity contribution in [2.24, 2.45) is 0 Å². The Morgan fingerprint density at radius 3 is 3.10 bits per heavy atom. The number of aryl methyl sites for hydroxylation is 1. The molecule has 0 unspecified atom stereocenters. The highest BCUT2D eigenvalue weighted by atomic mass is 35.5. The zero-order valence-corrected chi connectivity index (χ0v) is 13.0. The minimum absolute atomic E-state index is 0.0256. The maximum Gasteiger partial charge on any atom is 0.253 e. The summed E-state index contributed by atoms with van der Waals surface area (Å²) in [5, 5.41) is 2.82. The Morgan fingerprint density at radius 1 is 1.38 bits per heavy atom. The molecule has 0 spiro atoms. The van der Waals surface area contributed by atoms with Crippen LogP contribution in [0.5, 0.6) is 0 Å². The Morgan fingerprint density at radius 2 is 2.24 bits per heavy atom. The van der Waals surface area contributed by atoms with Crippen LogP contribution >= 0.6 is 22.9 Å². The average Bonchev–Trinajstić information content (AvgIpc) is 3.00. The van der Waals surface area contributed by atoms with Gasteiger partial charge >= 0.3 is 0 Å². The molecule has 4 heterocycles. The number of nitrogens with zero attached hydrogens (tertiary/aromatic N) is 3. The molecular weight excluding hydrogens is 308 g/mol. The lowest BCUT2D eigenvalue weighted by molar-refractivity contribution is 0.0965. The Hall–Kier alpha value is -1.66. The first-order valence-electron chi connectivity index (χ1n) is 6.79. The average molecular weight is 321 g/mol. The van der Waals surface area contributed by atoms with Crippen molar-refractivity contribution in [3.8, 4) is 0 Å². The molecule has 2 aliphatic rings. The van der Waals surface area contributed by atoms with E-state index in [1.165, 1.54) is 16.2 Å². The van der Waals surface area contributed by atoms with E-state index in [9.17, 15) is 4.79 Å². The summed E-state index contributed by atoms with van der Waals surface area (Å²) in [7, 11) is 0. The smallest absolute Gasteiger partial charge is 0.253 e.